The van der Waals surface area contributed by atoms with Crippen LogP contribution in [0.3, 0.4) is 0 Å². The van der Waals surface area contributed by atoms with Crippen molar-refractivity contribution < 1.29 is 4.79 Å². The fraction of sp³-hybridized carbons (Fsp3) is 0.167. The molecule has 0 aliphatic carbocycles. The molecule has 1 heterocycles. The number of imidazole rings is 1. The van der Waals surface area contributed by atoms with Crippen LogP contribution in [0.5, 0.6) is 0 Å². The van der Waals surface area contributed by atoms with Gasteiger partial charge in [0.25, 0.3) is 5.91 Å². The fourth-order valence-corrected chi connectivity index (χ4v) is 2.01. The third-order valence-corrected chi connectivity index (χ3v) is 3.64. The van der Waals surface area contributed by atoms with Crippen LogP contribution in [0.1, 0.15) is 10.5 Å². The molecule has 5 nitrogen and oxygen atoms in total. The number of carbonyl (C=O) groups excluding carboxylic acids is 1. The average Bonchev–Trinajstić information content (AvgIpc) is 2.83. The highest BCUT2D eigenvalue weighted by Crippen LogP contribution is 2.25. The van der Waals surface area contributed by atoms with E-state index in [1.807, 2.05) is 0 Å². The van der Waals surface area contributed by atoms with E-state index in [4.69, 9.17) is 17.3 Å². The zero-order valence-corrected chi connectivity index (χ0v) is 12.3. The second-order valence-electron chi connectivity index (χ2n) is 3.87. The van der Waals surface area contributed by atoms with Crippen molar-refractivity contribution >= 4 is 39.1 Å². The number of hydrogen-bond acceptors (Lipinski definition) is 3. The summed E-state index contributed by atoms with van der Waals surface area (Å²) < 4.78 is 2.49. The number of amides is 1. The molecule has 0 fully saturated rings. The second-order valence-corrected chi connectivity index (χ2v) is 5.13. The second kappa shape index (κ2) is 6.18. The smallest absolute Gasteiger partial charge is 0.275 e. The lowest BCUT2D eigenvalue weighted by molar-refractivity contribution is 0.102. The Labute approximate surface area is 123 Å². The molecule has 0 bridgehead atoms. The predicted molar refractivity (Wildman–Crippen MR) is 78.4 cm³/mol. The predicted octanol–water partition coefficient (Wildman–Crippen LogP) is 2.51. The van der Waals surface area contributed by atoms with Crippen molar-refractivity contribution in [1.82, 2.24) is 9.55 Å². The number of anilines is 1. The van der Waals surface area contributed by atoms with Crippen molar-refractivity contribution in [2.45, 2.75) is 6.54 Å². The number of halogens is 2. The Bertz CT molecular complexity index is 599. The minimum atomic E-state index is -0.273. The number of nitrogens with one attached hydrogen (secondary N) is 1. The molecule has 0 atom stereocenters. The van der Waals surface area contributed by atoms with Gasteiger partial charge in [-0.1, -0.05) is 11.6 Å². The van der Waals surface area contributed by atoms with Crippen LogP contribution in [0.25, 0.3) is 0 Å². The summed E-state index contributed by atoms with van der Waals surface area (Å²) in [4.78, 5) is 16.0. The van der Waals surface area contributed by atoms with E-state index in [0.717, 1.165) is 4.47 Å². The van der Waals surface area contributed by atoms with Crippen LogP contribution in [0.15, 0.2) is 35.2 Å². The molecule has 0 saturated carbocycles. The van der Waals surface area contributed by atoms with Gasteiger partial charge in [0.1, 0.15) is 5.69 Å². The van der Waals surface area contributed by atoms with Crippen molar-refractivity contribution in [2.24, 2.45) is 5.73 Å². The van der Waals surface area contributed by atoms with Crippen LogP contribution in [-0.4, -0.2) is 22.0 Å². The summed E-state index contributed by atoms with van der Waals surface area (Å²) in [6.45, 7) is 1.13. The van der Waals surface area contributed by atoms with Gasteiger partial charge in [0.2, 0.25) is 0 Å². The number of rotatable bonds is 4. The third kappa shape index (κ3) is 3.56. The van der Waals surface area contributed by atoms with Crippen molar-refractivity contribution in [3.8, 4) is 0 Å². The van der Waals surface area contributed by atoms with Gasteiger partial charge in [-0.2, -0.15) is 0 Å². The fourth-order valence-electron chi connectivity index (χ4n) is 1.52. The summed E-state index contributed by atoms with van der Waals surface area (Å²) in [5, 5.41) is 3.34. The van der Waals surface area contributed by atoms with Crippen molar-refractivity contribution in [1.29, 1.82) is 0 Å². The van der Waals surface area contributed by atoms with Gasteiger partial charge < -0.3 is 15.6 Å². The average molecular weight is 344 g/mol. The van der Waals surface area contributed by atoms with Gasteiger partial charge in [0, 0.05) is 29.4 Å². The van der Waals surface area contributed by atoms with Crippen LogP contribution in [0.4, 0.5) is 5.69 Å². The first-order chi connectivity index (χ1) is 9.10. The van der Waals surface area contributed by atoms with E-state index < -0.39 is 0 Å². The normalized spacial score (nSPS) is 10.5. The first-order valence-electron chi connectivity index (χ1n) is 5.58. The molecule has 1 aromatic heterocycles. The summed E-state index contributed by atoms with van der Waals surface area (Å²) in [6.07, 6.45) is 3.24. The van der Waals surface area contributed by atoms with Crippen LogP contribution >= 0.6 is 27.5 Å². The molecule has 1 amide bonds. The molecule has 0 saturated heterocycles. The largest absolute Gasteiger partial charge is 0.335 e. The van der Waals surface area contributed by atoms with Gasteiger partial charge in [-0.05, 0) is 34.1 Å². The topological polar surface area (TPSA) is 72.9 Å². The molecule has 2 aromatic rings. The third-order valence-electron chi connectivity index (χ3n) is 2.43. The van der Waals surface area contributed by atoms with E-state index in [9.17, 15) is 4.79 Å². The number of nitrogens with two attached hydrogens (primary N) is 1. The number of hydrogen-bond donors (Lipinski definition) is 2. The monoisotopic (exact) mass is 342 g/mol. The maximum absolute atomic E-state index is 12.0. The lowest BCUT2D eigenvalue weighted by Crippen LogP contribution is -2.12. The molecule has 7 heteroatoms. The SMILES string of the molecule is NCCn1cnc(C(=O)Nc2ccc(Cl)c(Br)c2)c1. The van der Waals surface area contributed by atoms with E-state index in [0.29, 0.717) is 29.5 Å². The Morgan fingerprint density at radius 3 is 3.00 bits per heavy atom. The molecule has 2 rings (SSSR count). The highest BCUT2D eigenvalue weighted by molar-refractivity contribution is 9.10. The van der Waals surface area contributed by atoms with Gasteiger partial charge >= 0.3 is 0 Å². The Balaban J connectivity index is 2.09. The summed E-state index contributed by atoms with van der Waals surface area (Å²) in [6, 6.07) is 5.16. The number of carbonyl (C=O) groups is 1. The molecule has 0 unspecified atom stereocenters. The van der Waals surface area contributed by atoms with Gasteiger partial charge in [-0.15, -0.1) is 0 Å². The lowest BCUT2D eigenvalue weighted by atomic mass is 10.3. The van der Waals surface area contributed by atoms with Crippen LogP contribution in [-0.2, 0) is 6.54 Å². The Kier molecular flexibility index (Phi) is 4.57. The molecule has 1 aromatic carbocycles. The lowest BCUT2D eigenvalue weighted by Gasteiger charge is -2.04. The number of aromatic nitrogens is 2. The summed E-state index contributed by atoms with van der Waals surface area (Å²) in [5.74, 6) is -0.273. The van der Waals surface area contributed by atoms with E-state index in [2.05, 4.69) is 26.2 Å². The first-order valence-corrected chi connectivity index (χ1v) is 6.75. The quantitative estimate of drug-likeness (QED) is 0.896. The zero-order valence-electron chi connectivity index (χ0n) is 9.94. The molecular weight excluding hydrogens is 332 g/mol. The van der Waals surface area contributed by atoms with Crippen molar-refractivity contribution in [3.63, 3.8) is 0 Å². The number of nitrogens with zero attached hydrogens (tertiary/aromatic N) is 2. The molecular formula is C12H12BrClN4O. The van der Waals surface area contributed by atoms with Crippen LogP contribution < -0.4 is 11.1 Å². The minimum Gasteiger partial charge on any atom is -0.335 e. The molecule has 19 heavy (non-hydrogen) atoms. The zero-order chi connectivity index (χ0) is 13.8. The van der Waals surface area contributed by atoms with E-state index >= 15 is 0 Å². The Morgan fingerprint density at radius 2 is 2.32 bits per heavy atom. The van der Waals surface area contributed by atoms with Crippen molar-refractivity contribution in [3.05, 3.63) is 45.9 Å². The van der Waals surface area contributed by atoms with Crippen molar-refractivity contribution in [2.75, 3.05) is 11.9 Å². The summed E-state index contributed by atoms with van der Waals surface area (Å²) >= 11 is 9.19. The van der Waals surface area contributed by atoms with E-state index in [-0.39, 0.29) is 5.91 Å². The minimum absolute atomic E-state index is 0.273. The Hall–Kier alpha value is -1.37. The highest BCUT2D eigenvalue weighted by atomic mass is 79.9. The first kappa shape index (κ1) is 14.0. The maximum atomic E-state index is 12.0. The highest BCUT2D eigenvalue weighted by Gasteiger charge is 2.10. The summed E-state index contributed by atoms with van der Waals surface area (Å²) in [5.41, 5.74) is 6.43. The number of benzene rings is 1. The molecule has 0 aliphatic rings. The van der Waals surface area contributed by atoms with E-state index in [1.54, 1.807) is 35.3 Å². The van der Waals surface area contributed by atoms with Crippen LogP contribution in [0, 0.1) is 0 Å². The van der Waals surface area contributed by atoms with E-state index in [1.165, 1.54) is 0 Å². The molecule has 0 radical (unpaired) electrons. The molecule has 100 valence electrons. The van der Waals surface area contributed by atoms with Crippen LogP contribution in [0.2, 0.25) is 5.02 Å². The summed E-state index contributed by atoms with van der Waals surface area (Å²) in [7, 11) is 0. The standard InChI is InChI=1S/C12H12BrClN4O/c13-9-5-8(1-2-10(9)14)17-12(19)11-6-18(4-3-15)7-16-11/h1-2,5-7H,3-4,15H2,(H,17,19). The Morgan fingerprint density at radius 1 is 1.53 bits per heavy atom. The maximum Gasteiger partial charge on any atom is 0.275 e. The van der Waals surface area contributed by atoms with Gasteiger partial charge in [0.05, 0.1) is 11.3 Å². The van der Waals surface area contributed by atoms with Gasteiger partial charge in [-0.3, -0.25) is 4.79 Å². The molecule has 0 spiro atoms. The molecule has 0 aliphatic heterocycles. The van der Waals surface area contributed by atoms with Gasteiger partial charge in [-0.25, -0.2) is 4.98 Å². The van der Waals surface area contributed by atoms with Gasteiger partial charge in [0.15, 0.2) is 0 Å². The molecule has 3 N–H and O–H groups in total.